The first-order chi connectivity index (χ1) is 14.5. The van der Waals surface area contributed by atoms with Crippen LogP contribution >= 0.6 is 0 Å². The van der Waals surface area contributed by atoms with Gasteiger partial charge in [0.05, 0.1) is 24.2 Å². The van der Waals surface area contributed by atoms with Gasteiger partial charge in [-0.1, -0.05) is 61.5 Å². The molecule has 3 aromatic rings. The number of aryl methyl sites for hydroxylation is 1. The Morgan fingerprint density at radius 3 is 2.60 bits per heavy atom. The Balaban J connectivity index is 1.66. The van der Waals surface area contributed by atoms with Crippen molar-refractivity contribution in [3.63, 3.8) is 0 Å². The minimum Gasteiger partial charge on any atom is -0.313 e. The van der Waals surface area contributed by atoms with Crippen molar-refractivity contribution < 1.29 is 8.42 Å². The van der Waals surface area contributed by atoms with E-state index in [1.54, 1.807) is 13.1 Å². The van der Waals surface area contributed by atoms with Gasteiger partial charge in [-0.2, -0.15) is 0 Å². The molecule has 6 heteroatoms. The predicted molar refractivity (Wildman–Crippen MR) is 119 cm³/mol. The Bertz CT molecular complexity index is 1110. The van der Waals surface area contributed by atoms with E-state index in [0.29, 0.717) is 19.1 Å². The first-order valence-corrected chi connectivity index (χ1v) is 12.2. The maximum atomic E-state index is 12.7. The molecular weight excluding hydrogens is 394 g/mol. The van der Waals surface area contributed by atoms with Crippen LogP contribution in [0.4, 0.5) is 0 Å². The summed E-state index contributed by atoms with van der Waals surface area (Å²) in [6, 6.07) is 19.0. The second-order valence-electron chi connectivity index (χ2n) is 8.03. The zero-order valence-electron chi connectivity index (χ0n) is 17.7. The molecule has 1 aliphatic rings. The fourth-order valence-corrected chi connectivity index (χ4v) is 5.37. The minimum atomic E-state index is -3.40. The molecular formula is C24H29N3O2S. The first kappa shape index (κ1) is 20.8. The lowest BCUT2D eigenvalue weighted by Crippen LogP contribution is -2.28. The lowest BCUT2D eigenvalue weighted by Gasteiger charge is -2.33. The van der Waals surface area contributed by atoms with Gasteiger partial charge in [-0.3, -0.25) is 4.90 Å². The van der Waals surface area contributed by atoms with Gasteiger partial charge in [-0.25, -0.2) is 13.4 Å². The van der Waals surface area contributed by atoms with Gasteiger partial charge >= 0.3 is 0 Å². The zero-order chi connectivity index (χ0) is 21.1. The molecule has 0 saturated heterocycles. The molecule has 1 aromatic heterocycles. The number of nitrogens with zero attached hydrogens (tertiary/aromatic N) is 3. The van der Waals surface area contributed by atoms with Crippen molar-refractivity contribution in [3.8, 4) is 0 Å². The van der Waals surface area contributed by atoms with Crippen LogP contribution in [0.25, 0.3) is 0 Å². The van der Waals surface area contributed by atoms with Crippen LogP contribution in [0.2, 0.25) is 0 Å². The van der Waals surface area contributed by atoms with E-state index in [4.69, 9.17) is 0 Å². The monoisotopic (exact) mass is 423 g/mol. The number of hydrogen-bond acceptors (Lipinski definition) is 4. The Kier molecular flexibility index (Phi) is 6.06. The maximum Gasteiger partial charge on any atom is 0.228 e. The van der Waals surface area contributed by atoms with E-state index in [0.717, 1.165) is 24.1 Å². The summed E-state index contributed by atoms with van der Waals surface area (Å²) in [5, 5.41) is 0.168. The molecule has 0 fully saturated rings. The van der Waals surface area contributed by atoms with Crippen LogP contribution in [0.3, 0.4) is 0 Å². The highest BCUT2D eigenvalue weighted by molar-refractivity contribution is 7.91. The molecule has 0 saturated carbocycles. The summed E-state index contributed by atoms with van der Waals surface area (Å²) in [6.07, 6.45) is 5.15. The van der Waals surface area contributed by atoms with Crippen LogP contribution in [0.5, 0.6) is 0 Å². The third kappa shape index (κ3) is 4.20. The molecule has 1 unspecified atom stereocenters. The maximum absolute atomic E-state index is 12.7. The van der Waals surface area contributed by atoms with Gasteiger partial charge in [0.25, 0.3) is 0 Å². The third-order valence-electron chi connectivity index (χ3n) is 6.02. The summed E-state index contributed by atoms with van der Waals surface area (Å²) in [5.41, 5.74) is 4.81. The van der Waals surface area contributed by atoms with Crippen molar-refractivity contribution in [2.75, 3.05) is 12.8 Å². The third-order valence-corrected chi connectivity index (χ3v) is 7.67. The summed E-state index contributed by atoms with van der Waals surface area (Å²) in [5.74, 6) is 0.0457. The summed E-state index contributed by atoms with van der Waals surface area (Å²) >= 11 is 0. The van der Waals surface area contributed by atoms with Crippen molar-refractivity contribution in [3.05, 3.63) is 83.2 Å². The van der Waals surface area contributed by atoms with Gasteiger partial charge < -0.3 is 4.57 Å². The summed E-state index contributed by atoms with van der Waals surface area (Å²) in [4.78, 5) is 6.68. The van der Waals surface area contributed by atoms with Crippen LogP contribution in [-0.2, 0) is 29.3 Å². The van der Waals surface area contributed by atoms with E-state index in [-0.39, 0.29) is 10.9 Å². The van der Waals surface area contributed by atoms with Crippen molar-refractivity contribution in [1.82, 2.24) is 14.5 Å². The van der Waals surface area contributed by atoms with Gasteiger partial charge in [0, 0.05) is 12.6 Å². The molecule has 0 N–H and O–H groups in total. The van der Waals surface area contributed by atoms with Gasteiger partial charge in [0.1, 0.15) is 0 Å². The van der Waals surface area contributed by atoms with Crippen molar-refractivity contribution >= 4 is 9.84 Å². The fourth-order valence-electron chi connectivity index (χ4n) is 4.38. The number of fused-ring (bicyclic) bond motifs is 1. The van der Waals surface area contributed by atoms with Crippen LogP contribution in [0.15, 0.2) is 66.0 Å². The second-order valence-corrected chi connectivity index (χ2v) is 10.2. The molecule has 5 nitrogen and oxygen atoms in total. The smallest absolute Gasteiger partial charge is 0.228 e. The molecule has 0 bridgehead atoms. The van der Waals surface area contributed by atoms with Gasteiger partial charge in [0.15, 0.2) is 0 Å². The Labute approximate surface area is 179 Å². The van der Waals surface area contributed by atoms with Crippen LogP contribution in [0, 0.1) is 0 Å². The standard InChI is InChI=1S/C24H29N3O2S/c1-3-30(28,29)24-25-16-21(27(24)17-19-10-5-4-6-11-19)18-26(2)23-15-9-13-20-12-7-8-14-22(20)23/h4-8,10-12,14,16,23H,3,9,13,15,17-18H2,1-2H3. The lowest BCUT2D eigenvalue weighted by atomic mass is 9.87. The van der Waals surface area contributed by atoms with E-state index in [9.17, 15) is 8.42 Å². The van der Waals surface area contributed by atoms with Crippen molar-refractivity contribution in [2.24, 2.45) is 0 Å². The molecule has 0 amide bonds. The average molecular weight is 424 g/mol. The number of benzene rings is 2. The lowest BCUT2D eigenvalue weighted by molar-refractivity contribution is 0.208. The highest BCUT2D eigenvalue weighted by atomic mass is 32.2. The molecule has 0 radical (unpaired) electrons. The van der Waals surface area contributed by atoms with E-state index in [2.05, 4.69) is 41.2 Å². The molecule has 1 aliphatic carbocycles. The van der Waals surface area contributed by atoms with E-state index >= 15 is 0 Å². The molecule has 0 aliphatic heterocycles. The molecule has 1 atom stereocenters. The van der Waals surface area contributed by atoms with Gasteiger partial charge in [-0.15, -0.1) is 0 Å². The highest BCUT2D eigenvalue weighted by Crippen LogP contribution is 2.34. The minimum absolute atomic E-state index is 0.0457. The number of rotatable bonds is 7. The normalized spacial score (nSPS) is 16.6. The number of aromatic nitrogens is 2. The van der Waals surface area contributed by atoms with Crippen molar-refractivity contribution in [1.29, 1.82) is 0 Å². The van der Waals surface area contributed by atoms with Gasteiger partial charge in [0.2, 0.25) is 15.0 Å². The van der Waals surface area contributed by atoms with E-state index in [1.807, 2.05) is 34.9 Å². The fraction of sp³-hybridized carbons (Fsp3) is 0.375. The Morgan fingerprint density at radius 2 is 1.83 bits per heavy atom. The van der Waals surface area contributed by atoms with Crippen LogP contribution < -0.4 is 0 Å². The van der Waals surface area contributed by atoms with E-state index in [1.165, 1.54) is 17.5 Å². The topological polar surface area (TPSA) is 55.2 Å². The molecule has 4 rings (SSSR count). The largest absolute Gasteiger partial charge is 0.313 e. The van der Waals surface area contributed by atoms with Crippen LogP contribution in [0.1, 0.15) is 48.2 Å². The van der Waals surface area contributed by atoms with Crippen molar-refractivity contribution in [2.45, 2.75) is 50.5 Å². The molecule has 0 spiro atoms. The first-order valence-electron chi connectivity index (χ1n) is 10.6. The predicted octanol–water partition coefficient (Wildman–Crippen LogP) is 4.23. The summed E-state index contributed by atoms with van der Waals surface area (Å²) in [6.45, 7) is 2.82. The van der Waals surface area contributed by atoms with Crippen LogP contribution in [-0.4, -0.2) is 35.7 Å². The number of hydrogen-bond donors (Lipinski definition) is 0. The molecule has 2 aromatic carbocycles. The summed E-state index contributed by atoms with van der Waals surface area (Å²) in [7, 11) is -1.28. The number of sulfone groups is 1. The summed E-state index contributed by atoms with van der Waals surface area (Å²) < 4.78 is 27.2. The Hall–Kier alpha value is -2.44. The number of imidazole rings is 1. The van der Waals surface area contributed by atoms with E-state index < -0.39 is 9.84 Å². The molecule has 1 heterocycles. The molecule has 30 heavy (non-hydrogen) atoms. The molecule has 158 valence electrons. The average Bonchev–Trinajstić information content (AvgIpc) is 3.16. The second kappa shape index (κ2) is 8.74. The Morgan fingerprint density at radius 1 is 1.10 bits per heavy atom. The highest BCUT2D eigenvalue weighted by Gasteiger charge is 2.26. The quantitative estimate of drug-likeness (QED) is 0.571. The van der Waals surface area contributed by atoms with Gasteiger partial charge in [-0.05, 0) is 43.0 Å². The SMILES string of the molecule is CCS(=O)(=O)c1ncc(CN(C)C2CCCc3ccccc32)n1Cc1ccccc1. The zero-order valence-corrected chi connectivity index (χ0v) is 18.5.